The summed E-state index contributed by atoms with van der Waals surface area (Å²) in [6.45, 7) is 1.95. The molecule has 2 rings (SSSR count). The van der Waals surface area contributed by atoms with Crippen LogP contribution < -0.4 is 0 Å². The van der Waals surface area contributed by atoms with Gasteiger partial charge in [0, 0.05) is 20.7 Å². The molecule has 22 heavy (non-hydrogen) atoms. The molecule has 1 fully saturated rings. The first-order valence-corrected chi connectivity index (χ1v) is 6.70. The number of rotatable bonds is 4. The molecule has 1 saturated carbocycles. The van der Waals surface area contributed by atoms with Gasteiger partial charge in [-0.2, -0.15) is 0 Å². The van der Waals surface area contributed by atoms with E-state index < -0.39 is 23.6 Å². The van der Waals surface area contributed by atoms with E-state index in [9.17, 15) is 19.5 Å². The fourth-order valence-electron chi connectivity index (χ4n) is 2.01. The van der Waals surface area contributed by atoms with Crippen LogP contribution in [0.1, 0.15) is 17.3 Å². The quantitative estimate of drug-likeness (QED) is 0.827. The molecule has 0 unspecified atom stereocenters. The number of ether oxygens (including phenoxy) is 1. The van der Waals surface area contributed by atoms with Crippen LogP contribution in [0.5, 0.6) is 5.75 Å². The summed E-state index contributed by atoms with van der Waals surface area (Å²) in [5.41, 5.74) is 0.0581. The third-order valence-corrected chi connectivity index (χ3v) is 3.17. The van der Waals surface area contributed by atoms with Gasteiger partial charge in [-0.15, -0.1) is 0 Å². The van der Waals surface area contributed by atoms with Gasteiger partial charge in [0.25, 0.3) is 5.91 Å². The number of carbonyl (C=O) groups is 3. The first kappa shape index (κ1) is 15.8. The van der Waals surface area contributed by atoms with E-state index >= 15 is 0 Å². The predicted octanol–water partition coefficient (Wildman–Crippen LogP) is 0.723. The van der Waals surface area contributed by atoms with Crippen LogP contribution in [-0.2, 0) is 14.3 Å². The maximum absolute atomic E-state index is 11.9. The number of nitrogens with zero attached hydrogens (tertiary/aromatic N) is 2. The number of para-hydroxylation sites is 1. The summed E-state index contributed by atoms with van der Waals surface area (Å²) in [7, 11) is 3.11. The van der Waals surface area contributed by atoms with E-state index in [1.54, 1.807) is 21.0 Å². The molecule has 1 amide bonds. The molecule has 0 radical (unpaired) electrons. The molecule has 1 atom stereocenters. The average molecular weight is 304 g/mol. The number of Topliss-reactive ketones (excluding diaryl/α,β-unsaturated/α-hetero) is 2. The number of ketones is 2. The molecule has 0 saturated heterocycles. The first-order chi connectivity index (χ1) is 10.4. The molecule has 1 N–H and O–H groups in total. The Morgan fingerprint density at radius 2 is 2.05 bits per heavy atom. The van der Waals surface area contributed by atoms with Crippen molar-refractivity contribution in [2.24, 2.45) is 4.99 Å². The van der Waals surface area contributed by atoms with E-state index in [1.165, 1.54) is 23.1 Å². The number of benzene rings is 1. The standard InChI is InChI=1S/C15H16N2O5/c1-4-22-14-10(12(19)13(14)20)16-9-7-5-6-8(11(9)18)15(21)17(2)3/h5-7,14,18H,4H2,1-3H3/t14-/m0/s1. The number of amides is 1. The lowest BCUT2D eigenvalue weighted by Gasteiger charge is -2.24. The number of hydrogen-bond acceptors (Lipinski definition) is 6. The molecule has 1 aliphatic rings. The number of phenolic OH excluding ortho intramolecular Hbond substituents is 1. The average Bonchev–Trinajstić information content (AvgIpc) is 2.51. The number of aliphatic imine (C=N–C) groups is 1. The summed E-state index contributed by atoms with van der Waals surface area (Å²) < 4.78 is 5.14. The summed E-state index contributed by atoms with van der Waals surface area (Å²) in [6.07, 6.45) is -0.995. The number of aromatic hydroxyl groups is 1. The lowest BCUT2D eigenvalue weighted by atomic mass is 9.89. The molecule has 0 bridgehead atoms. The number of phenols is 1. The van der Waals surface area contributed by atoms with Gasteiger partial charge >= 0.3 is 0 Å². The van der Waals surface area contributed by atoms with Gasteiger partial charge in [-0.25, -0.2) is 4.99 Å². The van der Waals surface area contributed by atoms with Crippen LogP contribution in [0, 0.1) is 0 Å². The number of hydrogen-bond donors (Lipinski definition) is 1. The molecule has 0 heterocycles. The van der Waals surface area contributed by atoms with Gasteiger partial charge in [0.2, 0.25) is 11.6 Å². The van der Waals surface area contributed by atoms with E-state index in [0.717, 1.165) is 0 Å². The highest BCUT2D eigenvalue weighted by molar-refractivity contribution is 6.79. The Bertz CT molecular complexity index is 679. The minimum atomic E-state index is -0.995. The smallest absolute Gasteiger partial charge is 0.257 e. The van der Waals surface area contributed by atoms with Crippen LogP contribution in [0.4, 0.5) is 5.69 Å². The maximum Gasteiger partial charge on any atom is 0.257 e. The Labute approximate surface area is 127 Å². The lowest BCUT2D eigenvalue weighted by molar-refractivity contribution is -0.142. The molecular formula is C15H16N2O5. The minimum absolute atomic E-state index is 0.0493. The van der Waals surface area contributed by atoms with Crippen molar-refractivity contribution in [2.75, 3.05) is 20.7 Å². The monoisotopic (exact) mass is 304 g/mol. The topological polar surface area (TPSA) is 96.3 Å². The van der Waals surface area contributed by atoms with Gasteiger partial charge < -0.3 is 14.7 Å². The van der Waals surface area contributed by atoms with Crippen LogP contribution >= 0.6 is 0 Å². The number of carbonyl (C=O) groups excluding carboxylic acids is 3. The molecule has 1 aliphatic carbocycles. The molecule has 1 aromatic carbocycles. The van der Waals surface area contributed by atoms with Crippen LogP contribution in [-0.4, -0.2) is 60.0 Å². The second kappa shape index (κ2) is 6.07. The van der Waals surface area contributed by atoms with Crippen molar-refractivity contribution in [3.63, 3.8) is 0 Å². The third kappa shape index (κ3) is 2.62. The van der Waals surface area contributed by atoms with E-state index in [1.807, 2.05) is 0 Å². The van der Waals surface area contributed by atoms with Crippen LogP contribution in [0.25, 0.3) is 0 Å². The molecule has 7 heteroatoms. The Morgan fingerprint density at radius 3 is 2.64 bits per heavy atom. The van der Waals surface area contributed by atoms with Gasteiger partial charge in [0.15, 0.2) is 11.9 Å². The highest BCUT2D eigenvalue weighted by atomic mass is 16.5. The zero-order valence-electron chi connectivity index (χ0n) is 12.5. The Hall–Kier alpha value is -2.54. The normalized spacial score (nSPS) is 19.2. The van der Waals surface area contributed by atoms with E-state index in [2.05, 4.69) is 4.99 Å². The molecule has 0 aliphatic heterocycles. The van der Waals surface area contributed by atoms with Gasteiger partial charge in [-0.1, -0.05) is 6.07 Å². The highest BCUT2D eigenvalue weighted by Crippen LogP contribution is 2.32. The first-order valence-electron chi connectivity index (χ1n) is 6.70. The van der Waals surface area contributed by atoms with E-state index in [4.69, 9.17) is 4.74 Å². The van der Waals surface area contributed by atoms with Crippen molar-refractivity contribution in [2.45, 2.75) is 13.0 Å². The SMILES string of the molecule is CCO[C@@H]1C(=O)C(=O)C1=Nc1cccc(C(=O)N(C)C)c1O. The summed E-state index contributed by atoms with van der Waals surface area (Å²) >= 11 is 0. The van der Waals surface area contributed by atoms with Gasteiger partial charge in [0.1, 0.15) is 11.4 Å². The fourth-order valence-corrected chi connectivity index (χ4v) is 2.01. The summed E-state index contributed by atoms with van der Waals surface area (Å²) in [5.74, 6) is -2.11. The summed E-state index contributed by atoms with van der Waals surface area (Å²) in [4.78, 5) is 40.2. The molecule has 116 valence electrons. The minimum Gasteiger partial charge on any atom is -0.505 e. The highest BCUT2D eigenvalue weighted by Gasteiger charge is 2.46. The van der Waals surface area contributed by atoms with Crippen molar-refractivity contribution in [1.82, 2.24) is 4.90 Å². The lowest BCUT2D eigenvalue weighted by Crippen LogP contribution is -2.55. The van der Waals surface area contributed by atoms with Gasteiger partial charge in [0.05, 0.1) is 5.56 Å². The van der Waals surface area contributed by atoms with Crippen molar-refractivity contribution in [3.8, 4) is 5.75 Å². The third-order valence-electron chi connectivity index (χ3n) is 3.17. The van der Waals surface area contributed by atoms with Gasteiger partial charge in [-0.05, 0) is 19.1 Å². The van der Waals surface area contributed by atoms with Crippen molar-refractivity contribution < 1.29 is 24.2 Å². The zero-order chi connectivity index (χ0) is 16.4. The summed E-state index contributed by atoms with van der Waals surface area (Å²) in [6, 6.07) is 4.44. The van der Waals surface area contributed by atoms with Crippen LogP contribution in [0.15, 0.2) is 23.2 Å². The Kier molecular flexibility index (Phi) is 4.37. The molecule has 7 nitrogen and oxygen atoms in total. The largest absolute Gasteiger partial charge is 0.505 e. The summed E-state index contributed by atoms with van der Waals surface area (Å²) in [5, 5.41) is 10.2. The van der Waals surface area contributed by atoms with Crippen LogP contribution in [0.3, 0.4) is 0 Å². The fraction of sp³-hybridized carbons (Fsp3) is 0.333. The zero-order valence-corrected chi connectivity index (χ0v) is 12.5. The van der Waals surface area contributed by atoms with Crippen molar-refractivity contribution in [1.29, 1.82) is 0 Å². The Balaban J connectivity index is 2.40. The van der Waals surface area contributed by atoms with Gasteiger partial charge in [-0.3, -0.25) is 14.4 Å². The van der Waals surface area contributed by atoms with E-state index in [-0.39, 0.29) is 29.3 Å². The maximum atomic E-state index is 11.9. The second-order valence-electron chi connectivity index (χ2n) is 4.90. The second-order valence-corrected chi connectivity index (χ2v) is 4.90. The Morgan fingerprint density at radius 1 is 1.36 bits per heavy atom. The van der Waals surface area contributed by atoms with Crippen molar-refractivity contribution in [3.05, 3.63) is 23.8 Å². The predicted molar refractivity (Wildman–Crippen MR) is 78.6 cm³/mol. The molecule has 1 aromatic rings. The van der Waals surface area contributed by atoms with Crippen molar-refractivity contribution >= 4 is 28.9 Å². The van der Waals surface area contributed by atoms with E-state index in [0.29, 0.717) is 0 Å². The van der Waals surface area contributed by atoms with Crippen LogP contribution in [0.2, 0.25) is 0 Å². The molecular weight excluding hydrogens is 288 g/mol. The molecule has 0 aromatic heterocycles. The molecule has 0 spiro atoms.